The maximum Gasteiger partial charge on any atom is 0.163 e. The third-order valence-corrected chi connectivity index (χ3v) is 2.53. The summed E-state index contributed by atoms with van der Waals surface area (Å²) in [6.07, 6.45) is 3.13. The molecular weight excluding hydrogens is 216 g/mol. The van der Waals surface area contributed by atoms with Gasteiger partial charge in [0.2, 0.25) is 0 Å². The van der Waals surface area contributed by atoms with Crippen molar-refractivity contribution in [2.75, 3.05) is 12.4 Å². The fraction of sp³-hybridized carbons (Fsp3) is 0.455. The lowest BCUT2D eigenvalue weighted by Gasteiger charge is -2.13. The number of aromatic nitrogens is 5. The number of nitrogens with one attached hydrogen (secondary N) is 1. The Kier molecular flexibility index (Phi) is 3.03. The van der Waals surface area contributed by atoms with E-state index in [1.54, 1.807) is 11.0 Å². The Morgan fingerprint density at radius 3 is 2.59 bits per heavy atom. The molecule has 2 heterocycles. The van der Waals surface area contributed by atoms with E-state index in [2.05, 4.69) is 39.2 Å². The molecule has 0 bridgehead atoms. The summed E-state index contributed by atoms with van der Waals surface area (Å²) in [4.78, 5) is 13.0. The molecule has 17 heavy (non-hydrogen) atoms. The summed E-state index contributed by atoms with van der Waals surface area (Å²) < 4.78 is 1.66. The van der Waals surface area contributed by atoms with E-state index in [0.29, 0.717) is 0 Å². The van der Waals surface area contributed by atoms with Crippen molar-refractivity contribution in [3.05, 3.63) is 24.0 Å². The number of hydrogen-bond donors (Lipinski definition) is 1. The highest BCUT2D eigenvalue weighted by atomic mass is 15.3. The van der Waals surface area contributed by atoms with E-state index < -0.39 is 0 Å². The van der Waals surface area contributed by atoms with Crippen LogP contribution in [0.3, 0.4) is 0 Å². The quantitative estimate of drug-likeness (QED) is 0.869. The number of anilines is 1. The number of rotatable bonds is 3. The largest absolute Gasteiger partial charge is 0.373 e. The molecule has 0 aromatic carbocycles. The van der Waals surface area contributed by atoms with Gasteiger partial charge in [-0.05, 0) is 6.92 Å². The molecule has 0 saturated heterocycles. The van der Waals surface area contributed by atoms with Gasteiger partial charge in [-0.25, -0.2) is 19.6 Å². The smallest absolute Gasteiger partial charge is 0.163 e. The highest BCUT2D eigenvalue weighted by molar-refractivity contribution is 5.51. The van der Waals surface area contributed by atoms with Crippen molar-refractivity contribution < 1.29 is 0 Å². The topological polar surface area (TPSA) is 68.5 Å². The highest BCUT2D eigenvalue weighted by Crippen LogP contribution is 2.21. The first-order valence-electron chi connectivity index (χ1n) is 5.54. The molecule has 1 N–H and O–H groups in total. The van der Waals surface area contributed by atoms with Crippen LogP contribution in [0.15, 0.2) is 12.7 Å². The van der Waals surface area contributed by atoms with Gasteiger partial charge in [0.1, 0.15) is 24.3 Å². The summed E-state index contributed by atoms with van der Waals surface area (Å²) in [6, 6.07) is 0. The summed E-state index contributed by atoms with van der Waals surface area (Å²) in [7, 11) is 1.85. The maximum absolute atomic E-state index is 4.53. The minimum absolute atomic E-state index is 0.268. The SMILES string of the molecule is CNc1nc(C(C)C)nc(-n2cncn2)c1C. The van der Waals surface area contributed by atoms with Gasteiger partial charge in [-0.3, -0.25) is 0 Å². The molecule has 6 heteroatoms. The van der Waals surface area contributed by atoms with Crippen LogP contribution in [-0.4, -0.2) is 31.8 Å². The van der Waals surface area contributed by atoms with E-state index in [9.17, 15) is 0 Å². The summed E-state index contributed by atoms with van der Waals surface area (Å²) in [6.45, 7) is 6.09. The number of nitrogens with zero attached hydrogens (tertiary/aromatic N) is 5. The van der Waals surface area contributed by atoms with Gasteiger partial charge in [0.15, 0.2) is 5.82 Å². The molecule has 2 rings (SSSR count). The van der Waals surface area contributed by atoms with Crippen molar-refractivity contribution >= 4 is 5.82 Å². The van der Waals surface area contributed by atoms with E-state index in [0.717, 1.165) is 23.0 Å². The average Bonchev–Trinajstić information content (AvgIpc) is 2.82. The zero-order chi connectivity index (χ0) is 12.4. The van der Waals surface area contributed by atoms with Gasteiger partial charge in [0.25, 0.3) is 0 Å². The Morgan fingerprint density at radius 2 is 2.06 bits per heavy atom. The number of hydrogen-bond acceptors (Lipinski definition) is 5. The van der Waals surface area contributed by atoms with Crippen LogP contribution in [0.2, 0.25) is 0 Å². The zero-order valence-corrected chi connectivity index (χ0v) is 10.5. The first-order valence-corrected chi connectivity index (χ1v) is 5.54. The minimum atomic E-state index is 0.268. The van der Waals surface area contributed by atoms with Crippen molar-refractivity contribution in [2.45, 2.75) is 26.7 Å². The Bertz CT molecular complexity index is 503. The second-order valence-corrected chi connectivity index (χ2v) is 4.12. The Labute approximate surface area is 100 Å². The lowest BCUT2D eigenvalue weighted by atomic mass is 10.2. The Balaban J connectivity index is 2.61. The standard InChI is InChI=1S/C11H16N6/c1-7(2)9-15-10(12-4)8(3)11(16-9)17-6-13-5-14-17/h5-7H,1-4H3,(H,12,15,16). The van der Waals surface area contributed by atoms with E-state index in [1.165, 1.54) is 6.33 Å². The lowest BCUT2D eigenvalue weighted by Crippen LogP contribution is -2.10. The summed E-state index contributed by atoms with van der Waals surface area (Å²) in [5, 5.41) is 7.19. The van der Waals surface area contributed by atoms with Crippen LogP contribution in [0.5, 0.6) is 0 Å². The van der Waals surface area contributed by atoms with E-state index >= 15 is 0 Å². The predicted molar refractivity (Wildman–Crippen MR) is 65.3 cm³/mol. The molecule has 0 aliphatic rings. The molecule has 0 unspecified atom stereocenters. The summed E-state index contributed by atoms with van der Waals surface area (Å²) in [5.74, 6) is 2.66. The van der Waals surface area contributed by atoms with Gasteiger partial charge in [-0.1, -0.05) is 13.8 Å². The Hall–Kier alpha value is -1.98. The van der Waals surface area contributed by atoms with Crippen molar-refractivity contribution in [2.24, 2.45) is 0 Å². The van der Waals surface area contributed by atoms with Crippen LogP contribution in [0.1, 0.15) is 31.2 Å². The van der Waals surface area contributed by atoms with Crippen LogP contribution in [0.25, 0.3) is 5.82 Å². The first-order chi connectivity index (χ1) is 8.13. The van der Waals surface area contributed by atoms with Gasteiger partial charge in [-0.15, -0.1) is 0 Å². The monoisotopic (exact) mass is 232 g/mol. The maximum atomic E-state index is 4.53. The molecule has 0 fully saturated rings. The molecule has 0 aliphatic heterocycles. The van der Waals surface area contributed by atoms with Crippen molar-refractivity contribution in [1.82, 2.24) is 24.7 Å². The zero-order valence-electron chi connectivity index (χ0n) is 10.5. The summed E-state index contributed by atoms with van der Waals surface area (Å²) in [5.41, 5.74) is 0.961. The van der Waals surface area contributed by atoms with Gasteiger partial charge >= 0.3 is 0 Å². The lowest BCUT2D eigenvalue weighted by molar-refractivity contribution is 0.741. The average molecular weight is 232 g/mol. The molecular formula is C11H16N6. The third-order valence-electron chi connectivity index (χ3n) is 2.53. The molecule has 0 aliphatic carbocycles. The van der Waals surface area contributed by atoms with Crippen LogP contribution in [0.4, 0.5) is 5.82 Å². The molecule has 2 aromatic rings. The van der Waals surface area contributed by atoms with E-state index in [4.69, 9.17) is 0 Å². The third kappa shape index (κ3) is 2.11. The van der Waals surface area contributed by atoms with Crippen LogP contribution in [-0.2, 0) is 0 Å². The van der Waals surface area contributed by atoms with Gasteiger partial charge in [-0.2, -0.15) is 5.10 Å². The fourth-order valence-electron chi connectivity index (χ4n) is 1.56. The first kappa shape index (κ1) is 11.5. The van der Waals surface area contributed by atoms with Gasteiger partial charge in [0, 0.05) is 18.5 Å². The van der Waals surface area contributed by atoms with Crippen molar-refractivity contribution in [3.8, 4) is 5.82 Å². The fourth-order valence-corrected chi connectivity index (χ4v) is 1.56. The molecule has 2 aromatic heterocycles. The highest BCUT2D eigenvalue weighted by Gasteiger charge is 2.13. The molecule has 0 atom stereocenters. The van der Waals surface area contributed by atoms with Gasteiger partial charge in [0.05, 0.1) is 0 Å². The van der Waals surface area contributed by atoms with E-state index in [1.807, 2.05) is 14.0 Å². The van der Waals surface area contributed by atoms with Crippen LogP contribution in [0, 0.1) is 6.92 Å². The predicted octanol–water partition coefficient (Wildman–Crippen LogP) is 1.53. The minimum Gasteiger partial charge on any atom is -0.373 e. The molecule has 90 valence electrons. The molecule has 0 saturated carbocycles. The van der Waals surface area contributed by atoms with Crippen LogP contribution >= 0.6 is 0 Å². The summed E-state index contributed by atoms with van der Waals surface area (Å²) >= 11 is 0. The van der Waals surface area contributed by atoms with Crippen LogP contribution < -0.4 is 5.32 Å². The van der Waals surface area contributed by atoms with Crippen molar-refractivity contribution in [1.29, 1.82) is 0 Å². The molecule has 0 radical (unpaired) electrons. The van der Waals surface area contributed by atoms with Crippen molar-refractivity contribution in [3.63, 3.8) is 0 Å². The molecule has 0 spiro atoms. The second-order valence-electron chi connectivity index (χ2n) is 4.12. The van der Waals surface area contributed by atoms with E-state index in [-0.39, 0.29) is 5.92 Å². The Morgan fingerprint density at radius 1 is 1.29 bits per heavy atom. The second kappa shape index (κ2) is 4.48. The molecule has 6 nitrogen and oxygen atoms in total. The van der Waals surface area contributed by atoms with Gasteiger partial charge < -0.3 is 5.32 Å². The molecule has 0 amide bonds. The normalized spacial score (nSPS) is 10.9.